The maximum absolute atomic E-state index is 15.2. The van der Waals surface area contributed by atoms with Crippen LogP contribution in [0, 0.1) is 17.8 Å². The number of nitrogens with zero attached hydrogens (tertiary/aromatic N) is 2. The summed E-state index contributed by atoms with van der Waals surface area (Å²) < 4.78 is 0. The number of rotatable bonds is 11. The predicted molar refractivity (Wildman–Crippen MR) is 219 cm³/mol. The number of para-hydroxylation sites is 1. The lowest BCUT2D eigenvalue weighted by molar-refractivity contribution is -0.151. The molecule has 1 heterocycles. The van der Waals surface area contributed by atoms with E-state index in [-0.39, 0.29) is 24.8 Å². The van der Waals surface area contributed by atoms with Gasteiger partial charge in [-0.1, -0.05) is 79.0 Å². The van der Waals surface area contributed by atoms with E-state index in [2.05, 4.69) is 26.6 Å². The third kappa shape index (κ3) is 12.7. The quantitative estimate of drug-likeness (QED) is 0.226. The lowest BCUT2D eigenvalue weighted by Gasteiger charge is -2.42. The van der Waals surface area contributed by atoms with E-state index >= 15 is 9.59 Å². The first-order valence-corrected chi connectivity index (χ1v) is 21.5. The van der Waals surface area contributed by atoms with Gasteiger partial charge in [-0.25, -0.2) is 0 Å². The zero-order valence-corrected chi connectivity index (χ0v) is 35.5. The van der Waals surface area contributed by atoms with Crippen molar-refractivity contribution in [2.24, 2.45) is 17.8 Å². The van der Waals surface area contributed by atoms with Crippen molar-refractivity contribution in [3.63, 3.8) is 0 Å². The number of carbonyl (C=O) groups is 7. The summed E-state index contributed by atoms with van der Waals surface area (Å²) in [5.41, 5.74) is 0.368. The zero-order chi connectivity index (χ0) is 41.7. The molecule has 5 N–H and O–H groups in total. The molecule has 1 saturated carbocycles. The van der Waals surface area contributed by atoms with Crippen LogP contribution in [0.15, 0.2) is 30.3 Å². The van der Waals surface area contributed by atoms with Crippen LogP contribution in [0.25, 0.3) is 0 Å². The Kier molecular flexibility index (Phi) is 18.1. The molecule has 0 spiro atoms. The van der Waals surface area contributed by atoms with E-state index < -0.39 is 96.0 Å². The molecule has 0 bridgehead atoms. The Bertz CT molecular complexity index is 1520. The summed E-state index contributed by atoms with van der Waals surface area (Å²) in [6.45, 7) is 13.5. The van der Waals surface area contributed by atoms with E-state index in [0.717, 1.165) is 32.1 Å². The lowest BCUT2D eigenvalue weighted by atomic mass is 9.93. The number of benzene rings is 1. The average Bonchev–Trinajstić information content (AvgIpc) is 3.15. The highest BCUT2D eigenvalue weighted by molar-refractivity contribution is 7.98. The number of hydrogen-bond donors (Lipinski definition) is 5. The molecule has 1 aliphatic carbocycles. The van der Waals surface area contributed by atoms with Crippen LogP contribution in [-0.4, -0.2) is 107 Å². The SMILES string of the molecule is CSCC[C@@H]1NC(=O)[C@H](CC(C)C)NC(=O)CNC(=O)[C@H](C(C)C)NC(=O)[C@H](C)N(c2ccccc2)C(=O)[C@H](C)N(C(C(=O)NC2CCCCC2)C(C)C)C1=O. The maximum Gasteiger partial charge on any atom is 0.250 e. The molecular formula is C41H65N7O7S. The van der Waals surface area contributed by atoms with Crippen LogP contribution in [0.5, 0.6) is 0 Å². The fraction of sp³-hybridized carbons (Fsp3) is 0.683. The molecule has 1 saturated heterocycles. The Balaban J connectivity index is 2.27. The van der Waals surface area contributed by atoms with E-state index in [1.54, 1.807) is 51.1 Å². The number of carbonyl (C=O) groups excluding carboxylic acids is 7. The average molecular weight is 800 g/mol. The molecular weight excluding hydrogens is 735 g/mol. The van der Waals surface area contributed by atoms with Gasteiger partial charge >= 0.3 is 0 Å². The number of hydrogen-bond acceptors (Lipinski definition) is 8. The predicted octanol–water partition coefficient (Wildman–Crippen LogP) is 3.14. The largest absolute Gasteiger partial charge is 0.352 e. The van der Waals surface area contributed by atoms with Crippen LogP contribution in [0.1, 0.15) is 100 Å². The van der Waals surface area contributed by atoms with E-state index in [1.807, 2.05) is 34.0 Å². The lowest BCUT2D eigenvalue weighted by Crippen LogP contribution is -2.66. The van der Waals surface area contributed by atoms with Crippen LogP contribution < -0.4 is 31.5 Å². The van der Waals surface area contributed by atoms with Crippen molar-refractivity contribution in [3.05, 3.63) is 30.3 Å². The molecule has 1 unspecified atom stereocenters. The van der Waals surface area contributed by atoms with Gasteiger partial charge in [0.15, 0.2) is 0 Å². The third-order valence-electron chi connectivity index (χ3n) is 10.5. The number of amides is 7. The summed E-state index contributed by atoms with van der Waals surface area (Å²) in [5.74, 6) is -4.55. The minimum Gasteiger partial charge on any atom is -0.352 e. The Morgan fingerprint density at radius 3 is 2.02 bits per heavy atom. The molecule has 2 aliphatic rings. The van der Waals surface area contributed by atoms with E-state index in [0.29, 0.717) is 11.4 Å². The summed E-state index contributed by atoms with van der Waals surface area (Å²) in [6, 6.07) is 1.57. The number of thioether (sulfide) groups is 1. The van der Waals surface area contributed by atoms with Gasteiger partial charge in [-0.2, -0.15) is 11.8 Å². The molecule has 2 fully saturated rings. The highest BCUT2D eigenvalue weighted by Crippen LogP contribution is 2.26. The molecule has 7 amide bonds. The van der Waals surface area contributed by atoms with Crippen molar-refractivity contribution in [1.82, 2.24) is 31.5 Å². The zero-order valence-electron chi connectivity index (χ0n) is 34.7. The van der Waals surface area contributed by atoms with Gasteiger partial charge in [0, 0.05) is 11.7 Å². The van der Waals surface area contributed by atoms with Gasteiger partial charge in [0.25, 0.3) is 0 Å². The van der Waals surface area contributed by atoms with Crippen LogP contribution >= 0.6 is 11.8 Å². The third-order valence-corrected chi connectivity index (χ3v) is 11.1. The molecule has 0 radical (unpaired) electrons. The van der Waals surface area contributed by atoms with Gasteiger partial charge in [-0.15, -0.1) is 0 Å². The summed E-state index contributed by atoms with van der Waals surface area (Å²) in [6.07, 6.45) is 6.91. The Morgan fingerprint density at radius 2 is 1.45 bits per heavy atom. The minimum absolute atomic E-state index is 0.0340. The van der Waals surface area contributed by atoms with Gasteiger partial charge in [-0.3, -0.25) is 38.5 Å². The summed E-state index contributed by atoms with van der Waals surface area (Å²) >= 11 is 1.47. The summed E-state index contributed by atoms with van der Waals surface area (Å²) in [7, 11) is 0. The number of nitrogens with one attached hydrogen (secondary N) is 5. The molecule has 1 aromatic rings. The summed E-state index contributed by atoms with van der Waals surface area (Å²) in [4.78, 5) is 102. The van der Waals surface area contributed by atoms with Crippen molar-refractivity contribution >= 4 is 58.8 Å². The smallest absolute Gasteiger partial charge is 0.250 e. The maximum atomic E-state index is 15.2. The fourth-order valence-electron chi connectivity index (χ4n) is 7.40. The summed E-state index contributed by atoms with van der Waals surface area (Å²) in [5, 5.41) is 14.1. The van der Waals surface area contributed by atoms with Crippen LogP contribution in [0.2, 0.25) is 0 Å². The Hall–Kier alpha value is -4.14. The molecule has 14 nitrogen and oxygen atoms in total. The topological polar surface area (TPSA) is 186 Å². The van der Waals surface area contributed by atoms with Gasteiger partial charge in [0.1, 0.15) is 36.3 Å². The van der Waals surface area contributed by atoms with E-state index in [9.17, 15) is 24.0 Å². The second-order valence-corrected chi connectivity index (χ2v) is 17.2. The van der Waals surface area contributed by atoms with E-state index in [1.165, 1.54) is 28.5 Å². The van der Waals surface area contributed by atoms with Crippen molar-refractivity contribution in [3.8, 4) is 0 Å². The van der Waals surface area contributed by atoms with Gasteiger partial charge in [0.05, 0.1) is 6.54 Å². The van der Waals surface area contributed by atoms with Crippen molar-refractivity contribution in [2.75, 3.05) is 23.5 Å². The molecule has 0 aromatic heterocycles. The van der Waals surface area contributed by atoms with Crippen molar-refractivity contribution < 1.29 is 33.6 Å². The highest BCUT2D eigenvalue weighted by Gasteiger charge is 2.45. The second-order valence-electron chi connectivity index (χ2n) is 16.2. The van der Waals surface area contributed by atoms with Crippen molar-refractivity contribution in [2.45, 2.75) is 143 Å². The molecule has 312 valence electrons. The fourth-order valence-corrected chi connectivity index (χ4v) is 7.87. The minimum atomic E-state index is -1.30. The Labute approximate surface area is 337 Å². The molecule has 6 atom stereocenters. The number of anilines is 1. The van der Waals surface area contributed by atoms with E-state index in [4.69, 9.17) is 0 Å². The standard InChI is InChI=1S/C41H65N7O7S/c1-24(2)22-32-37(51)45-31(20-21-56-9)41(55)48(35(26(5)6)39(53)43-29-16-12-10-13-17-29)28(8)40(54)47(30-18-14-11-15-19-30)27(7)36(50)46-34(25(3)4)38(52)42-23-33(49)44-32/h11,14-15,18-19,24-29,31-32,34-35H,10,12-13,16-17,20-23H2,1-9H3,(H,42,52)(H,43,53)(H,44,49)(H,45,51)(H,46,50)/t27-,28-,31-,32-,34-,35?/m0/s1. The first-order valence-electron chi connectivity index (χ1n) is 20.2. The first kappa shape index (κ1) is 46.2. The molecule has 1 aromatic carbocycles. The van der Waals surface area contributed by atoms with Gasteiger partial charge < -0.3 is 31.5 Å². The molecule has 1 aliphatic heterocycles. The van der Waals surface area contributed by atoms with Crippen LogP contribution in [-0.2, 0) is 33.6 Å². The first-order chi connectivity index (χ1) is 26.5. The Morgan fingerprint density at radius 1 is 0.804 bits per heavy atom. The van der Waals surface area contributed by atoms with Gasteiger partial charge in [-0.05, 0) is 81.4 Å². The van der Waals surface area contributed by atoms with Crippen molar-refractivity contribution in [1.29, 1.82) is 0 Å². The van der Waals surface area contributed by atoms with Crippen LogP contribution in [0.3, 0.4) is 0 Å². The monoisotopic (exact) mass is 799 g/mol. The van der Waals surface area contributed by atoms with Crippen LogP contribution in [0.4, 0.5) is 5.69 Å². The highest BCUT2D eigenvalue weighted by atomic mass is 32.2. The molecule has 3 rings (SSSR count). The van der Waals surface area contributed by atoms with Gasteiger partial charge in [0.2, 0.25) is 41.4 Å². The second kappa shape index (κ2) is 22.0. The molecule has 56 heavy (non-hydrogen) atoms. The molecule has 15 heteroatoms. The normalized spacial score (nSPS) is 25.0.